The molecule has 1 heterocycles. The molecule has 11 nitrogen and oxygen atoms in total. The van der Waals surface area contributed by atoms with Gasteiger partial charge in [-0.1, -0.05) is 50.6 Å². The Morgan fingerprint density at radius 3 is 2.43 bits per heavy atom. The van der Waals surface area contributed by atoms with Gasteiger partial charge < -0.3 is 31.7 Å². The minimum Gasteiger partial charge on any atom is -0.480 e. The van der Waals surface area contributed by atoms with Gasteiger partial charge in [0.05, 0.1) is 12.6 Å². The fourth-order valence-corrected chi connectivity index (χ4v) is 3.96. The van der Waals surface area contributed by atoms with E-state index in [1.807, 2.05) is 37.3 Å². The van der Waals surface area contributed by atoms with Crippen LogP contribution in [0.15, 0.2) is 30.3 Å². The third-order valence-corrected chi connectivity index (χ3v) is 6.10. The van der Waals surface area contributed by atoms with Crippen molar-refractivity contribution in [2.45, 2.75) is 57.7 Å². The molecule has 0 radical (unpaired) electrons. The summed E-state index contributed by atoms with van der Waals surface area (Å²) in [6, 6.07) is 6.93. The molecule has 192 valence electrons. The molecule has 0 aromatic heterocycles. The number of hydrogen-bond acceptors (Lipinski definition) is 6. The highest BCUT2D eigenvalue weighted by Gasteiger charge is 2.36. The molecule has 35 heavy (non-hydrogen) atoms. The van der Waals surface area contributed by atoms with Gasteiger partial charge in [-0.05, 0) is 30.7 Å². The van der Waals surface area contributed by atoms with Crippen LogP contribution in [0.4, 0.5) is 0 Å². The van der Waals surface area contributed by atoms with Crippen LogP contribution in [0, 0.1) is 5.92 Å². The summed E-state index contributed by atoms with van der Waals surface area (Å²) in [6.07, 6.45) is 2.03. The summed E-state index contributed by atoms with van der Waals surface area (Å²) < 4.78 is 0. The van der Waals surface area contributed by atoms with Gasteiger partial charge in [-0.2, -0.15) is 0 Å². The van der Waals surface area contributed by atoms with Crippen LogP contribution in [0.3, 0.4) is 0 Å². The second kappa shape index (κ2) is 13.4. The van der Waals surface area contributed by atoms with Crippen LogP contribution in [0.1, 0.15) is 38.7 Å². The van der Waals surface area contributed by atoms with Gasteiger partial charge in [0.2, 0.25) is 23.6 Å². The Balaban J connectivity index is 1.90. The highest BCUT2D eigenvalue weighted by Crippen LogP contribution is 2.19. The van der Waals surface area contributed by atoms with Crippen LogP contribution in [0.25, 0.3) is 0 Å². The van der Waals surface area contributed by atoms with E-state index in [1.54, 1.807) is 6.92 Å². The molecule has 1 saturated heterocycles. The Hall–Kier alpha value is -3.47. The number of nitrogens with one attached hydrogen (secondary N) is 3. The number of benzene rings is 1. The van der Waals surface area contributed by atoms with Crippen molar-refractivity contribution >= 4 is 29.6 Å². The van der Waals surface area contributed by atoms with E-state index in [0.717, 1.165) is 5.56 Å². The second-order valence-electron chi connectivity index (χ2n) is 8.75. The molecule has 1 aromatic carbocycles. The van der Waals surface area contributed by atoms with Gasteiger partial charge in [0, 0.05) is 6.54 Å². The van der Waals surface area contributed by atoms with Gasteiger partial charge in [0.1, 0.15) is 18.6 Å². The summed E-state index contributed by atoms with van der Waals surface area (Å²) in [5.41, 5.74) is 7.04. The molecular formula is C24H35N5O6. The number of nitrogens with two attached hydrogens (primary N) is 1. The molecule has 1 aliphatic heterocycles. The van der Waals surface area contributed by atoms with Gasteiger partial charge in [-0.3, -0.25) is 24.0 Å². The Morgan fingerprint density at radius 2 is 1.80 bits per heavy atom. The van der Waals surface area contributed by atoms with Crippen molar-refractivity contribution in [2.75, 3.05) is 19.6 Å². The lowest BCUT2D eigenvalue weighted by molar-refractivity contribution is -0.140. The number of carbonyl (C=O) groups is 5. The third kappa shape index (κ3) is 8.36. The number of carboxylic acids is 1. The maximum atomic E-state index is 12.9. The number of rotatable bonds is 12. The SMILES string of the molecule is CC[C@H](C)[C@H](NC(=O)CNC(=O)[C@@H]1CCCN1C(=O)[C@@H](N)Cc1ccccc1)C(=O)NCC(=O)O. The lowest BCUT2D eigenvalue weighted by Gasteiger charge is -2.27. The standard InChI is InChI=1S/C24H35N5O6/c1-3-15(2)21(23(34)27-14-20(31)32)28-19(30)13-26-22(33)18-10-7-11-29(18)24(35)17(25)12-16-8-5-4-6-9-16/h4-6,8-9,15,17-18,21H,3,7,10-14,25H2,1-2H3,(H,26,33)(H,27,34)(H,28,30)(H,31,32)/t15-,17-,18-,21-/m0/s1. The molecule has 0 bridgehead atoms. The molecule has 0 unspecified atom stereocenters. The van der Waals surface area contributed by atoms with E-state index in [2.05, 4.69) is 16.0 Å². The van der Waals surface area contributed by atoms with E-state index >= 15 is 0 Å². The highest BCUT2D eigenvalue weighted by molar-refractivity contribution is 5.94. The van der Waals surface area contributed by atoms with E-state index < -0.39 is 48.4 Å². The molecule has 4 atom stereocenters. The first-order valence-corrected chi connectivity index (χ1v) is 11.8. The van der Waals surface area contributed by atoms with Crippen molar-refractivity contribution in [3.63, 3.8) is 0 Å². The van der Waals surface area contributed by atoms with E-state index in [0.29, 0.717) is 32.2 Å². The number of aliphatic carboxylic acids is 1. The Kier molecular flexibility index (Phi) is 10.7. The lowest BCUT2D eigenvalue weighted by atomic mass is 9.98. The molecule has 4 amide bonds. The predicted octanol–water partition coefficient (Wildman–Crippen LogP) is -0.605. The summed E-state index contributed by atoms with van der Waals surface area (Å²) >= 11 is 0. The molecule has 1 aliphatic rings. The van der Waals surface area contributed by atoms with Gasteiger partial charge in [-0.15, -0.1) is 0 Å². The van der Waals surface area contributed by atoms with Gasteiger partial charge >= 0.3 is 5.97 Å². The van der Waals surface area contributed by atoms with Crippen LogP contribution in [0.5, 0.6) is 0 Å². The van der Waals surface area contributed by atoms with Crippen LogP contribution < -0.4 is 21.7 Å². The smallest absolute Gasteiger partial charge is 0.322 e. The zero-order chi connectivity index (χ0) is 26.0. The van der Waals surface area contributed by atoms with Crippen LogP contribution in [-0.2, 0) is 30.4 Å². The van der Waals surface area contributed by atoms with Gasteiger partial charge in [-0.25, -0.2) is 0 Å². The van der Waals surface area contributed by atoms with Crippen molar-refractivity contribution in [2.24, 2.45) is 11.7 Å². The number of amides is 4. The normalized spacial score (nSPS) is 17.7. The molecule has 1 aromatic rings. The number of likely N-dealkylation sites (tertiary alicyclic amines) is 1. The summed E-state index contributed by atoms with van der Waals surface area (Å²) in [5, 5.41) is 16.1. The van der Waals surface area contributed by atoms with E-state index in [1.165, 1.54) is 4.90 Å². The third-order valence-electron chi connectivity index (χ3n) is 6.10. The predicted molar refractivity (Wildman–Crippen MR) is 128 cm³/mol. The maximum absolute atomic E-state index is 12.9. The molecule has 0 spiro atoms. The topological polar surface area (TPSA) is 171 Å². The van der Waals surface area contributed by atoms with E-state index in [4.69, 9.17) is 10.8 Å². The number of carboxylic acid groups (broad SMARTS) is 1. The summed E-state index contributed by atoms with van der Waals surface area (Å²) in [4.78, 5) is 62.6. The Morgan fingerprint density at radius 1 is 1.11 bits per heavy atom. The van der Waals surface area contributed by atoms with Gasteiger partial charge in [0.25, 0.3) is 0 Å². The zero-order valence-corrected chi connectivity index (χ0v) is 20.2. The van der Waals surface area contributed by atoms with E-state index in [-0.39, 0.29) is 18.4 Å². The number of nitrogens with zero attached hydrogens (tertiary/aromatic N) is 1. The van der Waals surface area contributed by atoms with Crippen molar-refractivity contribution < 1.29 is 29.1 Å². The summed E-state index contributed by atoms with van der Waals surface area (Å²) in [7, 11) is 0. The molecule has 2 rings (SSSR count). The first kappa shape index (κ1) is 27.8. The second-order valence-corrected chi connectivity index (χ2v) is 8.75. The van der Waals surface area contributed by atoms with Crippen molar-refractivity contribution in [3.8, 4) is 0 Å². The molecule has 1 fully saturated rings. The Labute approximate surface area is 204 Å². The Bertz CT molecular complexity index is 909. The van der Waals surface area contributed by atoms with Crippen LogP contribution in [-0.4, -0.2) is 77.4 Å². The maximum Gasteiger partial charge on any atom is 0.322 e. The molecule has 11 heteroatoms. The minimum absolute atomic E-state index is 0.252. The van der Waals surface area contributed by atoms with Crippen molar-refractivity contribution in [1.82, 2.24) is 20.9 Å². The fraction of sp³-hybridized carbons (Fsp3) is 0.542. The first-order chi connectivity index (χ1) is 16.6. The van der Waals surface area contributed by atoms with E-state index in [9.17, 15) is 24.0 Å². The fourth-order valence-electron chi connectivity index (χ4n) is 3.96. The monoisotopic (exact) mass is 489 g/mol. The number of carbonyl (C=O) groups excluding carboxylic acids is 4. The average molecular weight is 490 g/mol. The molecule has 6 N–H and O–H groups in total. The minimum atomic E-state index is -1.20. The van der Waals surface area contributed by atoms with Crippen molar-refractivity contribution in [3.05, 3.63) is 35.9 Å². The summed E-state index contributed by atoms with van der Waals surface area (Å²) in [6.45, 7) is 3.06. The van der Waals surface area contributed by atoms with Crippen molar-refractivity contribution in [1.29, 1.82) is 0 Å². The highest BCUT2D eigenvalue weighted by atomic mass is 16.4. The molecular weight excluding hydrogens is 454 g/mol. The number of hydrogen-bond donors (Lipinski definition) is 5. The van der Waals surface area contributed by atoms with Crippen LogP contribution in [0.2, 0.25) is 0 Å². The largest absolute Gasteiger partial charge is 0.480 e. The molecule has 0 aliphatic carbocycles. The average Bonchev–Trinajstić information content (AvgIpc) is 3.34. The summed E-state index contributed by atoms with van der Waals surface area (Å²) in [5.74, 6) is -3.43. The molecule has 0 saturated carbocycles. The first-order valence-electron chi connectivity index (χ1n) is 11.8. The van der Waals surface area contributed by atoms with Crippen LogP contribution >= 0.6 is 0 Å². The van der Waals surface area contributed by atoms with Gasteiger partial charge in [0.15, 0.2) is 0 Å². The zero-order valence-electron chi connectivity index (χ0n) is 20.2. The lowest BCUT2D eigenvalue weighted by Crippen LogP contribution is -2.55. The quantitative estimate of drug-likeness (QED) is 0.261.